The second-order valence-corrected chi connectivity index (χ2v) is 9.23. The lowest BCUT2D eigenvalue weighted by molar-refractivity contribution is -0.0369. The summed E-state index contributed by atoms with van der Waals surface area (Å²) >= 11 is 3.60. The zero-order valence-corrected chi connectivity index (χ0v) is 18.7. The maximum absolute atomic E-state index is 9.01. The molecule has 0 amide bonds. The van der Waals surface area contributed by atoms with Gasteiger partial charge in [0.15, 0.2) is 0 Å². The molecule has 0 spiro atoms. The summed E-state index contributed by atoms with van der Waals surface area (Å²) in [7, 11) is 0. The summed E-state index contributed by atoms with van der Waals surface area (Å²) in [6.45, 7) is 5.30. The first kappa shape index (κ1) is 20.6. The van der Waals surface area contributed by atoms with Crippen LogP contribution >= 0.6 is 15.9 Å². The van der Waals surface area contributed by atoms with E-state index in [4.69, 9.17) is 9.84 Å². The molecule has 0 bridgehead atoms. The van der Waals surface area contributed by atoms with Gasteiger partial charge in [-0.05, 0) is 68.0 Å². The number of nitrogens with one attached hydrogen (secondary N) is 2. The molecule has 0 saturated carbocycles. The van der Waals surface area contributed by atoms with Crippen molar-refractivity contribution in [2.45, 2.75) is 51.3 Å². The number of ether oxygens (including phenoxy) is 1. The number of benzene rings is 2. The third-order valence-electron chi connectivity index (χ3n) is 5.93. The molecule has 3 N–H and O–H groups in total. The van der Waals surface area contributed by atoms with Crippen molar-refractivity contribution in [2.75, 3.05) is 13.2 Å². The van der Waals surface area contributed by atoms with Gasteiger partial charge in [-0.3, -0.25) is 0 Å². The van der Waals surface area contributed by atoms with Crippen molar-refractivity contribution >= 4 is 26.8 Å². The van der Waals surface area contributed by atoms with Crippen molar-refractivity contribution in [1.29, 1.82) is 0 Å². The third-order valence-corrected chi connectivity index (χ3v) is 6.42. The molecular formula is C24H29BrN2O2. The first-order valence-corrected chi connectivity index (χ1v) is 11.1. The van der Waals surface area contributed by atoms with Crippen LogP contribution < -0.4 is 5.32 Å². The summed E-state index contributed by atoms with van der Waals surface area (Å²) in [6.07, 6.45) is 3.50. The standard InChI is InChI=1S/C24H29BrN2O2/c1-24(2,29-13-12-28)17-8-6-16(7-9-17)15-26-22-5-3-4-19-20-14-18(25)10-11-21(20)27-23(19)22/h6-11,14,22,26-28H,3-5,12-13,15H2,1-2H3. The average Bonchev–Trinajstić information content (AvgIpc) is 3.09. The number of H-pyrrole nitrogens is 1. The van der Waals surface area contributed by atoms with E-state index in [0.717, 1.165) is 29.4 Å². The van der Waals surface area contributed by atoms with E-state index < -0.39 is 5.60 Å². The van der Waals surface area contributed by atoms with Gasteiger partial charge in [0.1, 0.15) is 0 Å². The van der Waals surface area contributed by atoms with Crippen LogP contribution in [0.15, 0.2) is 46.9 Å². The van der Waals surface area contributed by atoms with E-state index in [-0.39, 0.29) is 6.61 Å². The highest BCUT2D eigenvalue weighted by Gasteiger charge is 2.24. The molecule has 2 aromatic carbocycles. The van der Waals surface area contributed by atoms with Gasteiger partial charge in [0, 0.05) is 33.7 Å². The minimum atomic E-state index is -0.397. The lowest BCUT2D eigenvalue weighted by Gasteiger charge is -2.26. The summed E-state index contributed by atoms with van der Waals surface area (Å²) in [6, 6.07) is 15.4. The van der Waals surface area contributed by atoms with Crippen LogP contribution in [0, 0.1) is 0 Å². The molecule has 1 aliphatic rings. The number of aromatic nitrogens is 1. The topological polar surface area (TPSA) is 57.3 Å². The van der Waals surface area contributed by atoms with Gasteiger partial charge in [0.2, 0.25) is 0 Å². The number of halogens is 1. The first-order chi connectivity index (χ1) is 14.0. The van der Waals surface area contributed by atoms with Crippen molar-refractivity contribution in [2.24, 2.45) is 0 Å². The molecule has 5 heteroatoms. The van der Waals surface area contributed by atoms with Crippen molar-refractivity contribution in [3.8, 4) is 0 Å². The van der Waals surface area contributed by atoms with Crippen LogP contribution in [0.3, 0.4) is 0 Å². The monoisotopic (exact) mass is 456 g/mol. The molecule has 29 heavy (non-hydrogen) atoms. The number of aliphatic hydroxyl groups is 1. The van der Waals surface area contributed by atoms with E-state index in [2.05, 4.69) is 68.7 Å². The van der Waals surface area contributed by atoms with Crippen molar-refractivity contribution in [1.82, 2.24) is 10.3 Å². The fourth-order valence-electron chi connectivity index (χ4n) is 4.29. The highest BCUT2D eigenvalue weighted by atomic mass is 79.9. The zero-order chi connectivity index (χ0) is 20.4. The number of rotatable bonds is 7. The molecule has 4 rings (SSSR count). The van der Waals surface area contributed by atoms with E-state index in [9.17, 15) is 0 Å². The molecule has 1 heterocycles. The number of aliphatic hydroxyl groups excluding tert-OH is 1. The summed E-state index contributed by atoms with van der Waals surface area (Å²) in [4.78, 5) is 3.66. The largest absolute Gasteiger partial charge is 0.394 e. The Morgan fingerprint density at radius 3 is 2.76 bits per heavy atom. The predicted molar refractivity (Wildman–Crippen MR) is 121 cm³/mol. The van der Waals surface area contributed by atoms with Gasteiger partial charge in [-0.15, -0.1) is 0 Å². The van der Waals surface area contributed by atoms with Crippen molar-refractivity contribution in [3.05, 3.63) is 69.3 Å². The van der Waals surface area contributed by atoms with Gasteiger partial charge >= 0.3 is 0 Å². The molecular weight excluding hydrogens is 428 g/mol. The lowest BCUT2D eigenvalue weighted by atomic mass is 9.91. The highest BCUT2D eigenvalue weighted by molar-refractivity contribution is 9.10. The fraction of sp³-hybridized carbons (Fsp3) is 0.417. The van der Waals surface area contributed by atoms with Gasteiger partial charge in [0.05, 0.1) is 18.8 Å². The Morgan fingerprint density at radius 2 is 2.00 bits per heavy atom. The smallest absolute Gasteiger partial charge is 0.0876 e. The van der Waals surface area contributed by atoms with Crippen LogP contribution in [0.1, 0.15) is 55.1 Å². The number of hydrogen-bond donors (Lipinski definition) is 3. The number of aromatic amines is 1. The second kappa shape index (κ2) is 8.60. The van der Waals surface area contributed by atoms with E-state index in [1.807, 2.05) is 13.8 Å². The van der Waals surface area contributed by atoms with Crippen LogP contribution in [0.25, 0.3) is 10.9 Å². The van der Waals surface area contributed by atoms with E-state index >= 15 is 0 Å². The van der Waals surface area contributed by atoms with Crippen LogP contribution in [0.5, 0.6) is 0 Å². The number of aryl methyl sites for hydroxylation is 1. The Balaban J connectivity index is 1.46. The SMILES string of the molecule is CC(C)(OCCO)c1ccc(CNC2CCCc3c2[nH]c2ccc(Br)cc32)cc1. The summed E-state index contributed by atoms with van der Waals surface area (Å²) in [5.74, 6) is 0. The lowest BCUT2D eigenvalue weighted by Crippen LogP contribution is -2.25. The van der Waals surface area contributed by atoms with Crippen LogP contribution in [0.4, 0.5) is 0 Å². The molecule has 4 nitrogen and oxygen atoms in total. The van der Waals surface area contributed by atoms with Crippen molar-refractivity contribution < 1.29 is 9.84 Å². The zero-order valence-electron chi connectivity index (χ0n) is 17.1. The number of hydrogen-bond acceptors (Lipinski definition) is 3. The van der Waals surface area contributed by atoms with Crippen LogP contribution in [-0.2, 0) is 23.3 Å². The molecule has 1 atom stereocenters. The minimum Gasteiger partial charge on any atom is -0.394 e. The first-order valence-electron chi connectivity index (χ1n) is 10.4. The molecule has 0 fully saturated rings. The molecule has 0 radical (unpaired) electrons. The Kier molecular flexibility index (Phi) is 6.11. The molecule has 1 aromatic heterocycles. The summed E-state index contributed by atoms with van der Waals surface area (Å²) in [5, 5.41) is 14.1. The van der Waals surface area contributed by atoms with Crippen LogP contribution in [0.2, 0.25) is 0 Å². The Bertz CT molecular complexity index is 978. The van der Waals surface area contributed by atoms with Gasteiger partial charge in [-0.1, -0.05) is 40.2 Å². The molecule has 1 aliphatic carbocycles. The van der Waals surface area contributed by atoms with Gasteiger partial charge in [-0.2, -0.15) is 0 Å². The van der Waals surface area contributed by atoms with Gasteiger partial charge in [-0.25, -0.2) is 0 Å². The van der Waals surface area contributed by atoms with Crippen molar-refractivity contribution in [3.63, 3.8) is 0 Å². The Hall–Kier alpha value is -1.66. The van der Waals surface area contributed by atoms with E-state index in [0.29, 0.717) is 12.6 Å². The highest BCUT2D eigenvalue weighted by Crippen LogP contribution is 2.36. The second-order valence-electron chi connectivity index (χ2n) is 8.31. The normalized spacial score (nSPS) is 16.9. The summed E-state index contributed by atoms with van der Waals surface area (Å²) < 4.78 is 6.90. The van der Waals surface area contributed by atoms with Gasteiger partial charge in [0.25, 0.3) is 0 Å². The molecule has 154 valence electrons. The molecule has 0 aliphatic heterocycles. The van der Waals surface area contributed by atoms with Gasteiger partial charge < -0.3 is 20.1 Å². The Morgan fingerprint density at radius 1 is 1.21 bits per heavy atom. The third kappa shape index (κ3) is 4.43. The average molecular weight is 457 g/mol. The molecule has 3 aromatic rings. The van der Waals surface area contributed by atoms with Crippen LogP contribution in [-0.4, -0.2) is 23.3 Å². The molecule has 1 unspecified atom stereocenters. The fourth-order valence-corrected chi connectivity index (χ4v) is 4.65. The number of fused-ring (bicyclic) bond motifs is 3. The maximum Gasteiger partial charge on any atom is 0.0876 e. The minimum absolute atomic E-state index is 0.0412. The van der Waals surface area contributed by atoms with E-state index in [1.54, 1.807) is 0 Å². The molecule has 0 saturated heterocycles. The maximum atomic E-state index is 9.01. The quantitative estimate of drug-likeness (QED) is 0.449. The van der Waals surface area contributed by atoms with E-state index in [1.165, 1.54) is 34.1 Å². The Labute approximate surface area is 180 Å². The predicted octanol–water partition coefficient (Wildman–Crippen LogP) is 5.34. The summed E-state index contributed by atoms with van der Waals surface area (Å²) in [5.41, 5.74) is 6.02.